The summed E-state index contributed by atoms with van der Waals surface area (Å²) in [4.78, 5) is 12.3. The number of fused-ring (bicyclic) bond motifs is 2. The van der Waals surface area contributed by atoms with Gasteiger partial charge in [0.15, 0.2) is 11.5 Å². The van der Waals surface area contributed by atoms with Crippen molar-refractivity contribution >= 4 is 5.97 Å². The molecule has 0 radical (unpaired) electrons. The maximum atomic E-state index is 12.3. The molecule has 0 unspecified atom stereocenters. The Morgan fingerprint density at radius 1 is 1.00 bits per heavy atom. The van der Waals surface area contributed by atoms with Crippen LogP contribution < -0.4 is 23.7 Å². The van der Waals surface area contributed by atoms with Gasteiger partial charge in [-0.1, -0.05) is 0 Å². The molecule has 26 heavy (non-hydrogen) atoms. The first kappa shape index (κ1) is 16.4. The van der Waals surface area contributed by atoms with Crippen molar-refractivity contribution in [1.29, 1.82) is 0 Å². The quantitative estimate of drug-likeness (QED) is 0.761. The second kappa shape index (κ2) is 6.33. The Labute approximate surface area is 150 Å². The molecular weight excluding hydrogens is 340 g/mol. The molecule has 7 heteroatoms. The van der Waals surface area contributed by atoms with E-state index in [-0.39, 0.29) is 6.79 Å². The molecule has 7 nitrogen and oxygen atoms in total. The number of carbonyl (C=O) groups is 1. The number of esters is 1. The molecule has 2 heterocycles. The van der Waals surface area contributed by atoms with Crippen LogP contribution in [0.3, 0.4) is 0 Å². The lowest BCUT2D eigenvalue weighted by Gasteiger charge is -2.14. The number of hydrogen-bond acceptors (Lipinski definition) is 7. The summed E-state index contributed by atoms with van der Waals surface area (Å²) in [5, 5.41) is 0. The molecule has 4 rings (SSSR count). The SMILES string of the molecule is COc1cc(OC)c2c(c1)[C@@H](Cc1cc(OC)c3c(c1)OCO3)OC2=O. The number of methoxy groups -OCH3 is 3. The zero-order chi connectivity index (χ0) is 18.3. The molecule has 1 atom stereocenters. The lowest BCUT2D eigenvalue weighted by molar-refractivity contribution is 0.0385. The summed E-state index contributed by atoms with van der Waals surface area (Å²) in [5.41, 5.74) is 2.08. The first-order valence-corrected chi connectivity index (χ1v) is 8.08. The summed E-state index contributed by atoms with van der Waals surface area (Å²) in [6, 6.07) is 7.20. The fraction of sp³-hybridized carbons (Fsp3) is 0.316. The Kier molecular flexibility index (Phi) is 3.99. The van der Waals surface area contributed by atoms with Crippen molar-refractivity contribution in [2.24, 2.45) is 0 Å². The van der Waals surface area contributed by atoms with Crippen LogP contribution in [0.15, 0.2) is 24.3 Å². The largest absolute Gasteiger partial charge is 0.497 e. The summed E-state index contributed by atoms with van der Waals surface area (Å²) in [7, 11) is 4.65. The highest BCUT2D eigenvalue weighted by atomic mass is 16.7. The van der Waals surface area contributed by atoms with Crippen molar-refractivity contribution < 1.29 is 33.2 Å². The van der Waals surface area contributed by atoms with Crippen LogP contribution in [0.4, 0.5) is 0 Å². The van der Waals surface area contributed by atoms with Crippen molar-refractivity contribution in [3.05, 3.63) is 41.0 Å². The van der Waals surface area contributed by atoms with Crippen molar-refractivity contribution in [2.45, 2.75) is 12.5 Å². The number of rotatable bonds is 5. The van der Waals surface area contributed by atoms with Crippen LogP contribution in [-0.4, -0.2) is 34.1 Å². The Bertz CT molecular complexity index is 875. The second-order valence-corrected chi connectivity index (χ2v) is 5.92. The lowest BCUT2D eigenvalue weighted by atomic mass is 9.98. The normalized spacial score (nSPS) is 16.9. The van der Waals surface area contributed by atoms with E-state index in [4.69, 9.17) is 28.4 Å². The summed E-state index contributed by atoms with van der Waals surface area (Å²) in [6.45, 7) is 0.158. The minimum absolute atomic E-state index is 0.158. The third-order valence-corrected chi connectivity index (χ3v) is 4.50. The van der Waals surface area contributed by atoms with Crippen LogP contribution in [0.1, 0.15) is 27.6 Å². The fourth-order valence-corrected chi connectivity index (χ4v) is 3.28. The van der Waals surface area contributed by atoms with Crippen LogP contribution in [0.25, 0.3) is 0 Å². The molecule has 0 spiro atoms. The van der Waals surface area contributed by atoms with Gasteiger partial charge in [-0.15, -0.1) is 0 Å². The van der Waals surface area contributed by atoms with Crippen LogP contribution in [-0.2, 0) is 11.2 Å². The molecule has 2 aromatic rings. The van der Waals surface area contributed by atoms with Gasteiger partial charge in [-0.2, -0.15) is 0 Å². The molecule has 0 saturated heterocycles. The second-order valence-electron chi connectivity index (χ2n) is 5.92. The number of benzene rings is 2. The predicted octanol–water partition coefficient (Wildman–Crippen LogP) is 2.90. The molecule has 0 N–H and O–H groups in total. The molecule has 2 aliphatic rings. The highest BCUT2D eigenvalue weighted by molar-refractivity contribution is 5.97. The van der Waals surface area contributed by atoms with Crippen LogP contribution in [0.2, 0.25) is 0 Å². The smallest absolute Gasteiger partial charge is 0.342 e. The van der Waals surface area contributed by atoms with Gasteiger partial charge in [0.05, 0.1) is 21.3 Å². The number of hydrogen-bond donors (Lipinski definition) is 0. The average Bonchev–Trinajstić information content (AvgIpc) is 3.25. The standard InChI is InChI=1S/C19H18O7/c1-21-11-7-12-13(26-19(20)17(12)14(8-11)22-2)4-10-5-15(23-3)18-16(6-10)24-9-25-18/h5-8,13H,4,9H2,1-3H3/t13-/m1/s1. The predicted molar refractivity (Wildman–Crippen MR) is 90.5 cm³/mol. The number of cyclic esters (lactones) is 1. The van der Waals surface area contributed by atoms with E-state index in [2.05, 4.69) is 0 Å². The highest BCUT2D eigenvalue weighted by Gasteiger charge is 2.35. The fourth-order valence-electron chi connectivity index (χ4n) is 3.28. The van der Waals surface area contributed by atoms with Crippen LogP contribution >= 0.6 is 0 Å². The first-order valence-electron chi connectivity index (χ1n) is 8.08. The van der Waals surface area contributed by atoms with E-state index in [1.165, 1.54) is 7.11 Å². The molecule has 0 aliphatic carbocycles. The molecule has 136 valence electrons. The molecule has 2 aromatic carbocycles. The first-order chi connectivity index (χ1) is 12.6. The zero-order valence-corrected chi connectivity index (χ0v) is 14.7. The highest BCUT2D eigenvalue weighted by Crippen LogP contribution is 2.45. The number of ether oxygens (including phenoxy) is 6. The van der Waals surface area contributed by atoms with Crippen molar-refractivity contribution in [2.75, 3.05) is 28.1 Å². The Morgan fingerprint density at radius 3 is 2.54 bits per heavy atom. The van der Waals surface area contributed by atoms with Gasteiger partial charge in [0, 0.05) is 18.1 Å². The minimum Gasteiger partial charge on any atom is -0.497 e. The van der Waals surface area contributed by atoms with E-state index >= 15 is 0 Å². The molecule has 0 saturated carbocycles. The van der Waals surface area contributed by atoms with E-state index in [0.717, 1.165) is 11.1 Å². The van der Waals surface area contributed by atoms with Gasteiger partial charge < -0.3 is 28.4 Å². The summed E-state index contributed by atoms with van der Waals surface area (Å²) < 4.78 is 32.5. The van der Waals surface area contributed by atoms with Gasteiger partial charge in [0.25, 0.3) is 0 Å². The maximum absolute atomic E-state index is 12.3. The maximum Gasteiger partial charge on any atom is 0.342 e. The van der Waals surface area contributed by atoms with Crippen LogP contribution in [0.5, 0.6) is 28.7 Å². The third-order valence-electron chi connectivity index (χ3n) is 4.50. The lowest BCUT2D eigenvalue weighted by Crippen LogP contribution is -2.03. The third kappa shape index (κ3) is 2.56. The van der Waals surface area contributed by atoms with Gasteiger partial charge in [0.1, 0.15) is 23.2 Å². The van der Waals surface area contributed by atoms with Gasteiger partial charge in [-0.3, -0.25) is 0 Å². The van der Waals surface area contributed by atoms with E-state index in [0.29, 0.717) is 40.7 Å². The van der Waals surface area contributed by atoms with E-state index in [1.807, 2.05) is 12.1 Å². The molecule has 0 bridgehead atoms. The van der Waals surface area contributed by atoms with Crippen molar-refractivity contribution in [3.8, 4) is 28.7 Å². The van der Waals surface area contributed by atoms with E-state index < -0.39 is 12.1 Å². The summed E-state index contributed by atoms with van der Waals surface area (Å²) >= 11 is 0. The zero-order valence-electron chi connectivity index (χ0n) is 14.7. The molecule has 0 aromatic heterocycles. The van der Waals surface area contributed by atoms with Gasteiger partial charge in [0.2, 0.25) is 12.5 Å². The van der Waals surface area contributed by atoms with Crippen LogP contribution in [0, 0.1) is 0 Å². The summed E-state index contributed by atoms with van der Waals surface area (Å²) in [5.74, 6) is 2.43. The number of carbonyl (C=O) groups excluding carboxylic acids is 1. The Morgan fingerprint density at radius 2 is 1.81 bits per heavy atom. The topological polar surface area (TPSA) is 72.5 Å². The van der Waals surface area contributed by atoms with Gasteiger partial charge in [-0.05, 0) is 23.8 Å². The Hall–Kier alpha value is -3.09. The Balaban J connectivity index is 1.71. The minimum atomic E-state index is -0.452. The van der Waals surface area contributed by atoms with Gasteiger partial charge in [-0.25, -0.2) is 4.79 Å². The molecular formula is C19H18O7. The molecule has 0 fully saturated rings. The average molecular weight is 358 g/mol. The molecule has 0 amide bonds. The monoisotopic (exact) mass is 358 g/mol. The van der Waals surface area contributed by atoms with Crippen molar-refractivity contribution in [1.82, 2.24) is 0 Å². The summed E-state index contributed by atoms with van der Waals surface area (Å²) in [6.07, 6.45) is 0.00814. The van der Waals surface area contributed by atoms with Crippen molar-refractivity contribution in [3.63, 3.8) is 0 Å². The van der Waals surface area contributed by atoms with Gasteiger partial charge >= 0.3 is 5.97 Å². The molecule has 2 aliphatic heterocycles. The van der Waals surface area contributed by atoms with E-state index in [9.17, 15) is 4.79 Å². The van der Waals surface area contributed by atoms with E-state index in [1.54, 1.807) is 26.4 Å².